The molecular weight excluding hydrogens is 630 g/mol. The summed E-state index contributed by atoms with van der Waals surface area (Å²) in [4.78, 5) is 26.0. The summed E-state index contributed by atoms with van der Waals surface area (Å²) in [7, 11) is 2.12. The first-order valence-electron chi connectivity index (χ1n) is 17.5. The number of unbranched alkanes of at least 4 members (excludes halogenated alkanes) is 3. The minimum atomic E-state index is -0.545. The summed E-state index contributed by atoms with van der Waals surface area (Å²) in [5, 5.41) is 21.2. The number of benzene rings is 4. The number of aliphatic hydroxyl groups excluding tert-OH is 1. The number of rotatable bonds is 17. The number of aliphatic hydroxyl groups is 1. The van der Waals surface area contributed by atoms with Crippen molar-refractivity contribution < 1.29 is 29.4 Å². The Morgan fingerprint density at radius 2 is 1.42 bits per heavy atom. The highest BCUT2D eigenvalue weighted by molar-refractivity contribution is 5.76. The van der Waals surface area contributed by atoms with Crippen molar-refractivity contribution in [3.05, 3.63) is 131 Å². The zero-order chi connectivity index (χ0) is 35.1. The minimum Gasteiger partial charge on any atom is -0.392 e. The number of ether oxygens (including phenoxy) is 2. The molecule has 4 aromatic carbocycles. The first-order valence-corrected chi connectivity index (χ1v) is 17.5. The predicted octanol–water partition coefficient (Wildman–Crippen LogP) is 6.99. The molecule has 1 saturated heterocycles. The number of amides is 2. The Morgan fingerprint density at radius 1 is 0.760 bits per heavy atom. The second-order valence-electron chi connectivity index (χ2n) is 13.0. The monoisotopic (exact) mass is 679 g/mol. The largest absolute Gasteiger partial charge is 0.392 e. The molecule has 0 radical (unpaired) electrons. The van der Waals surface area contributed by atoms with Crippen molar-refractivity contribution in [3.63, 3.8) is 0 Å². The molecule has 50 heavy (non-hydrogen) atoms. The fraction of sp³-hybridized carbons (Fsp3) is 0.366. The van der Waals surface area contributed by atoms with E-state index in [2.05, 4.69) is 71.9 Å². The van der Waals surface area contributed by atoms with Crippen LogP contribution in [0.2, 0.25) is 0 Å². The fourth-order valence-corrected chi connectivity index (χ4v) is 6.38. The van der Waals surface area contributed by atoms with E-state index in [4.69, 9.17) is 14.7 Å². The van der Waals surface area contributed by atoms with Gasteiger partial charge >= 0.3 is 0 Å². The molecule has 1 aliphatic rings. The van der Waals surface area contributed by atoms with E-state index in [1.807, 2.05) is 48.5 Å². The number of hydrogen-bond donors (Lipinski definition) is 4. The van der Waals surface area contributed by atoms with E-state index in [1.54, 1.807) is 5.48 Å². The van der Waals surface area contributed by atoms with Crippen LogP contribution in [0.3, 0.4) is 0 Å². The zero-order valence-corrected chi connectivity index (χ0v) is 28.8. The summed E-state index contributed by atoms with van der Waals surface area (Å²) in [6, 6.07) is 34.7. The van der Waals surface area contributed by atoms with Gasteiger partial charge in [0.15, 0.2) is 6.29 Å². The van der Waals surface area contributed by atoms with Gasteiger partial charge < -0.3 is 19.9 Å². The van der Waals surface area contributed by atoms with E-state index in [0.717, 1.165) is 65.7 Å². The molecule has 0 saturated carbocycles. The van der Waals surface area contributed by atoms with Crippen molar-refractivity contribution >= 4 is 11.8 Å². The van der Waals surface area contributed by atoms with Crippen LogP contribution in [0.25, 0.3) is 11.1 Å². The molecule has 264 valence electrons. The van der Waals surface area contributed by atoms with Crippen molar-refractivity contribution in [2.75, 3.05) is 13.6 Å². The number of carbonyl (C=O) groups excluding carboxylic acids is 2. The van der Waals surface area contributed by atoms with E-state index in [9.17, 15) is 14.7 Å². The Bertz CT molecular complexity index is 1630. The Kier molecular flexibility index (Phi) is 14.1. The average molecular weight is 680 g/mol. The highest BCUT2D eigenvalue weighted by atomic mass is 16.7. The number of nitrogens with zero attached hydrogens (tertiary/aromatic N) is 1. The highest BCUT2D eigenvalue weighted by Crippen LogP contribution is 2.39. The second kappa shape index (κ2) is 19.1. The summed E-state index contributed by atoms with van der Waals surface area (Å²) < 4.78 is 13.2. The van der Waals surface area contributed by atoms with Gasteiger partial charge in [0.2, 0.25) is 11.8 Å². The molecular formula is C41H49N3O6. The van der Waals surface area contributed by atoms with E-state index < -0.39 is 6.29 Å². The maximum Gasteiger partial charge on any atom is 0.243 e. The summed E-state index contributed by atoms with van der Waals surface area (Å²) in [6.07, 6.45) is 3.80. The van der Waals surface area contributed by atoms with Crippen LogP contribution < -0.4 is 10.8 Å². The van der Waals surface area contributed by atoms with Crippen LogP contribution in [-0.2, 0) is 38.8 Å². The third kappa shape index (κ3) is 11.1. The number of carbonyl (C=O) groups is 2. The van der Waals surface area contributed by atoms with Crippen molar-refractivity contribution in [2.24, 2.45) is 0 Å². The molecule has 0 aromatic heterocycles. The van der Waals surface area contributed by atoms with Crippen LogP contribution in [0.5, 0.6) is 0 Å². The summed E-state index contributed by atoms with van der Waals surface area (Å²) in [5.41, 5.74) is 8.88. The smallest absolute Gasteiger partial charge is 0.243 e. The highest BCUT2D eigenvalue weighted by Gasteiger charge is 2.33. The minimum absolute atomic E-state index is 0.000583. The normalized spacial score (nSPS) is 17.4. The van der Waals surface area contributed by atoms with Gasteiger partial charge in [0, 0.05) is 44.5 Å². The summed E-state index contributed by atoms with van der Waals surface area (Å²) in [5.74, 6) is -0.381. The third-order valence-electron chi connectivity index (χ3n) is 9.10. The van der Waals surface area contributed by atoms with Gasteiger partial charge in [-0.1, -0.05) is 116 Å². The standard InChI is InChI=1S/C41H49N3O6/c1-44(27-30-11-5-4-6-12-30)28-36-25-38(33-19-17-31(29-45)18-20-33)50-41(49-36)34-23-21-32(22-24-34)37-14-10-9-13-35(37)26-42-39(46)15-7-2-3-8-16-40(47)43-48/h4-6,9-14,17-24,36,38,41,45,48H,2-3,7-8,15-16,25-29H2,1H3,(H,42,46)(H,43,47). The van der Waals surface area contributed by atoms with E-state index >= 15 is 0 Å². The number of hydrogen-bond acceptors (Lipinski definition) is 7. The molecule has 1 aliphatic heterocycles. The lowest BCUT2D eigenvalue weighted by molar-refractivity contribution is -0.252. The molecule has 0 spiro atoms. The maximum atomic E-state index is 12.6. The Morgan fingerprint density at radius 3 is 2.12 bits per heavy atom. The van der Waals surface area contributed by atoms with Crippen molar-refractivity contribution in [1.82, 2.24) is 15.7 Å². The van der Waals surface area contributed by atoms with Gasteiger partial charge in [-0.05, 0) is 53.3 Å². The van der Waals surface area contributed by atoms with Gasteiger partial charge in [-0.2, -0.15) is 0 Å². The van der Waals surface area contributed by atoms with Crippen molar-refractivity contribution in [2.45, 2.75) is 83.1 Å². The van der Waals surface area contributed by atoms with Gasteiger partial charge in [0.1, 0.15) is 0 Å². The lowest BCUT2D eigenvalue weighted by atomic mass is 9.97. The lowest BCUT2D eigenvalue weighted by Gasteiger charge is -2.38. The molecule has 4 N–H and O–H groups in total. The SMILES string of the molecule is CN(Cc1ccccc1)CC1CC(c2ccc(CO)cc2)OC(c2ccc(-c3ccccc3CNC(=O)CCCCCCC(=O)NO)cc2)O1. The lowest BCUT2D eigenvalue weighted by Crippen LogP contribution is -2.37. The molecule has 3 atom stereocenters. The Labute approximate surface area is 295 Å². The molecule has 1 heterocycles. The van der Waals surface area contributed by atoms with Crippen LogP contribution in [-0.4, -0.2) is 46.7 Å². The summed E-state index contributed by atoms with van der Waals surface area (Å²) in [6.45, 7) is 2.00. The van der Waals surface area contributed by atoms with Gasteiger partial charge in [-0.15, -0.1) is 0 Å². The molecule has 2 amide bonds. The first-order chi connectivity index (χ1) is 24.4. The van der Waals surface area contributed by atoms with Crippen molar-refractivity contribution in [1.29, 1.82) is 0 Å². The zero-order valence-electron chi connectivity index (χ0n) is 28.8. The van der Waals surface area contributed by atoms with Crippen LogP contribution in [0, 0.1) is 0 Å². The van der Waals surface area contributed by atoms with E-state index in [-0.39, 0.29) is 37.0 Å². The number of likely N-dealkylation sites (N-methyl/N-ethyl adjacent to an activating group) is 1. The average Bonchev–Trinajstić information content (AvgIpc) is 3.15. The fourth-order valence-electron chi connectivity index (χ4n) is 6.38. The van der Waals surface area contributed by atoms with Crippen LogP contribution in [0.15, 0.2) is 103 Å². The molecule has 9 nitrogen and oxygen atoms in total. The van der Waals surface area contributed by atoms with E-state index in [0.29, 0.717) is 25.8 Å². The topological polar surface area (TPSA) is 120 Å². The third-order valence-corrected chi connectivity index (χ3v) is 9.10. The maximum absolute atomic E-state index is 12.6. The Hall–Kier alpha value is -4.38. The van der Waals surface area contributed by atoms with Gasteiger partial charge in [-0.25, -0.2) is 5.48 Å². The molecule has 0 bridgehead atoms. The summed E-state index contributed by atoms with van der Waals surface area (Å²) >= 11 is 0. The number of hydroxylamine groups is 1. The van der Waals surface area contributed by atoms with Crippen LogP contribution >= 0.6 is 0 Å². The van der Waals surface area contributed by atoms with Crippen LogP contribution in [0.4, 0.5) is 0 Å². The first kappa shape index (κ1) is 36.9. The molecule has 1 fully saturated rings. The van der Waals surface area contributed by atoms with Crippen molar-refractivity contribution in [3.8, 4) is 11.1 Å². The molecule has 9 heteroatoms. The molecule has 0 aliphatic carbocycles. The molecule has 3 unspecified atom stereocenters. The van der Waals surface area contributed by atoms with Gasteiger partial charge in [-0.3, -0.25) is 19.7 Å². The van der Waals surface area contributed by atoms with E-state index in [1.165, 1.54) is 5.56 Å². The second-order valence-corrected chi connectivity index (χ2v) is 13.0. The predicted molar refractivity (Wildman–Crippen MR) is 193 cm³/mol. The molecule has 4 aromatic rings. The Balaban J connectivity index is 1.22. The van der Waals surface area contributed by atoms with Gasteiger partial charge in [0.25, 0.3) is 0 Å². The number of nitrogens with one attached hydrogen (secondary N) is 2. The quantitative estimate of drug-likeness (QED) is 0.0540. The van der Waals surface area contributed by atoms with Gasteiger partial charge in [0.05, 0.1) is 18.8 Å². The molecule has 5 rings (SSSR count). The van der Waals surface area contributed by atoms with Crippen LogP contribution in [0.1, 0.15) is 85.2 Å².